The van der Waals surface area contributed by atoms with Crippen molar-refractivity contribution in [2.75, 3.05) is 32.7 Å². The van der Waals surface area contributed by atoms with E-state index in [1.54, 1.807) is 18.2 Å². The Hall–Kier alpha value is -1.93. The number of piperidine rings is 1. The van der Waals surface area contributed by atoms with Crippen molar-refractivity contribution in [2.24, 2.45) is 10.3 Å². The zero-order valence-corrected chi connectivity index (χ0v) is 15.7. The number of hydrogen-bond donors (Lipinski definition) is 1. The first-order chi connectivity index (χ1) is 12.5. The third-order valence-electron chi connectivity index (χ3n) is 5.44. The summed E-state index contributed by atoms with van der Waals surface area (Å²) in [5, 5.41) is 3.36. The SMILES string of the molecule is CC1CN(C(=O)C2CCN(C3=NS(=O)(=O)c4ccccc43)CC2)CCN1. The Labute approximate surface area is 154 Å². The molecule has 0 bridgehead atoms. The summed E-state index contributed by atoms with van der Waals surface area (Å²) in [5.41, 5.74) is 0.674. The zero-order chi connectivity index (χ0) is 18.3. The number of benzene rings is 1. The molecule has 7 nitrogen and oxygen atoms in total. The molecule has 2 saturated heterocycles. The van der Waals surface area contributed by atoms with E-state index in [1.807, 2.05) is 15.9 Å². The Morgan fingerprint density at radius 3 is 2.65 bits per heavy atom. The highest BCUT2D eigenvalue weighted by atomic mass is 32.2. The first-order valence-electron chi connectivity index (χ1n) is 9.17. The molecule has 1 N–H and O–H groups in total. The summed E-state index contributed by atoms with van der Waals surface area (Å²) in [6, 6.07) is 7.29. The lowest BCUT2D eigenvalue weighted by molar-refractivity contribution is -0.137. The van der Waals surface area contributed by atoms with Gasteiger partial charge in [0.15, 0.2) is 5.84 Å². The summed E-state index contributed by atoms with van der Waals surface area (Å²) >= 11 is 0. The Morgan fingerprint density at radius 2 is 1.92 bits per heavy atom. The highest BCUT2D eigenvalue weighted by Crippen LogP contribution is 2.30. The Kier molecular flexibility index (Phi) is 4.48. The Balaban J connectivity index is 1.44. The van der Waals surface area contributed by atoms with Crippen molar-refractivity contribution in [3.05, 3.63) is 29.8 Å². The van der Waals surface area contributed by atoms with E-state index in [0.29, 0.717) is 30.5 Å². The lowest BCUT2D eigenvalue weighted by atomic mass is 9.94. The van der Waals surface area contributed by atoms with E-state index < -0.39 is 10.0 Å². The number of nitrogens with one attached hydrogen (secondary N) is 1. The second-order valence-electron chi connectivity index (χ2n) is 7.29. The predicted octanol–water partition coefficient (Wildman–Crippen LogP) is 0.668. The number of carbonyl (C=O) groups is 1. The van der Waals surface area contributed by atoms with Crippen molar-refractivity contribution in [3.63, 3.8) is 0 Å². The molecule has 1 unspecified atom stereocenters. The third kappa shape index (κ3) is 3.12. The van der Waals surface area contributed by atoms with Crippen LogP contribution in [0.15, 0.2) is 33.6 Å². The van der Waals surface area contributed by atoms with Gasteiger partial charge >= 0.3 is 0 Å². The van der Waals surface area contributed by atoms with E-state index >= 15 is 0 Å². The second-order valence-corrected chi connectivity index (χ2v) is 8.86. The maximum absolute atomic E-state index is 12.8. The van der Waals surface area contributed by atoms with Gasteiger partial charge in [-0.1, -0.05) is 12.1 Å². The van der Waals surface area contributed by atoms with Crippen LogP contribution < -0.4 is 5.32 Å². The van der Waals surface area contributed by atoms with Crippen LogP contribution in [0.1, 0.15) is 25.3 Å². The van der Waals surface area contributed by atoms with Gasteiger partial charge in [0.05, 0.1) is 0 Å². The Bertz CT molecular complexity index is 844. The van der Waals surface area contributed by atoms with Crippen LogP contribution in [0.25, 0.3) is 0 Å². The fraction of sp³-hybridized carbons (Fsp3) is 0.556. The smallest absolute Gasteiger partial charge is 0.285 e. The average Bonchev–Trinajstić information content (AvgIpc) is 2.93. The van der Waals surface area contributed by atoms with Gasteiger partial charge in [0.2, 0.25) is 5.91 Å². The lowest BCUT2D eigenvalue weighted by Crippen LogP contribution is -2.54. The van der Waals surface area contributed by atoms with E-state index in [1.165, 1.54) is 0 Å². The predicted molar refractivity (Wildman–Crippen MR) is 98.5 cm³/mol. The van der Waals surface area contributed by atoms with E-state index in [-0.39, 0.29) is 16.7 Å². The molecule has 0 saturated carbocycles. The number of amidine groups is 1. The van der Waals surface area contributed by atoms with Gasteiger partial charge in [-0.2, -0.15) is 8.42 Å². The van der Waals surface area contributed by atoms with Gasteiger partial charge < -0.3 is 15.1 Å². The van der Waals surface area contributed by atoms with Crippen molar-refractivity contribution in [2.45, 2.75) is 30.7 Å². The fourth-order valence-corrected chi connectivity index (χ4v) is 5.27. The molecular formula is C18H24N4O3S. The molecule has 1 amide bonds. The van der Waals surface area contributed by atoms with Gasteiger partial charge in [-0.3, -0.25) is 4.79 Å². The molecule has 3 heterocycles. The Morgan fingerprint density at radius 1 is 1.19 bits per heavy atom. The topological polar surface area (TPSA) is 82.1 Å². The molecule has 1 atom stereocenters. The molecule has 1 aromatic carbocycles. The van der Waals surface area contributed by atoms with Gasteiger partial charge in [0, 0.05) is 50.2 Å². The minimum atomic E-state index is -3.59. The molecule has 3 aliphatic heterocycles. The minimum absolute atomic E-state index is 0.0189. The number of amides is 1. The molecule has 0 radical (unpaired) electrons. The lowest BCUT2D eigenvalue weighted by Gasteiger charge is -2.38. The number of likely N-dealkylation sites (tertiary alicyclic amines) is 1. The molecule has 1 aromatic rings. The van der Waals surface area contributed by atoms with Gasteiger partial charge in [-0.25, -0.2) is 0 Å². The number of fused-ring (bicyclic) bond motifs is 1. The molecule has 140 valence electrons. The summed E-state index contributed by atoms with van der Waals surface area (Å²) in [6.45, 7) is 5.77. The quantitative estimate of drug-likeness (QED) is 0.779. The first-order valence-corrected chi connectivity index (χ1v) is 10.6. The monoisotopic (exact) mass is 376 g/mol. The number of sulfonamides is 1. The first kappa shape index (κ1) is 17.5. The van der Waals surface area contributed by atoms with Crippen molar-refractivity contribution in [1.82, 2.24) is 15.1 Å². The average molecular weight is 376 g/mol. The van der Waals surface area contributed by atoms with Crippen molar-refractivity contribution < 1.29 is 13.2 Å². The number of carbonyl (C=O) groups excluding carboxylic acids is 1. The van der Waals surface area contributed by atoms with Gasteiger partial charge in [-0.15, -0.1) is 4.40 Å². The molecule has 3 aliphatic rings. The van der Waals surface area contributed by atoms with Gasteiger partial charge in [0.25, 0.3) is 10.0 Å². The number of hydrogen-bond acceptors (Lipinski definition) is 5. The van der Waals surface area contributed by atoms with Crippen LogP contribution in [0.4, 0.5) is 0 Å². The maximum atomic E-state index is 12.8. The van der Waals surface area contributed by atoms with Crippen LogP contribution in [0.2, 0.25) is 0 Å². The number of rotatable bonds is 1. The highest BCUT2D eigenvalue weighted by Gasteiger charge is 2.35. The summed E-state index contributed by atoms with van der Waals surface area (Å²) in [6.07, 6.45) is 1.47. The molecule has 2 fully saturated rings. The standard InChI is InChI=1S/C18H24N4O3S/c1-13-12-22(11-8-19-13)18(23)14-6-9-21(10-7-14)17-15-4-2-3-5-16(15)26(24,25)20-17/h2-5,13-14,19H,6-12H2,1H3. The third-order valence-corrected chi connectivity index (χ3v) is 6.76. The molecule has 8 heteroatoms. The van der Waals surface area contributed by atoms with E-state index in [0.717, 1.165) is 32.5 Å². The summed E-state index contributed by atoms with van der Waals surface area (Å²) in [4.78, 5) is 17.0. The molecule has 0 aromatic heterocycles. The highest BCUT2D eigenvalue weighted by molar-refractivity contribution is 7.90. The van der Waals surface area contributed by atoms with E-state index in [4.69, 9.17) is 0 Å². The summed E-state index contributed by atoms with van der Waals surface area (Å²) < 4.78 is 28.5. The van der Waals surface area contributed by atoms with Crippen molar-refractivity contribution in [3.8, 4) is 0 Å². The van der Waals surface area contributed by atoms with Crippen LogP contribution in [-0.4, -0.2) is 68.7 Å². The fourth-order valence-electron chi connectivity index (χ4n) is 4.05. The molecule has 0 aliphatic carbocycles. The molecule has 0 spiro atoms. The molecule has 4 rings (SSSR count). The van der Waals surface area contributed by atoms with E-state index in [2.05, 4.69) is 16.6 Å². The van der Waals surface area contributed by atoms with Gasteiger partial charge in [-0.05, 0) is 31.9 Å². The van der Waals surface area contributed by atoms with Crippen LogP contribution in [0.3, 0.4) is 0 Å². The normalized spacial score (nSPS) is 25.7. The van der Waals surface area contributed by atoms with Gasteiger partial charge in [0.1, 0.15) is 4.90 Å². The maximum Gasteiger partial charge on any atom is 0.285 e. The van der Waals surface area contributed by atoms with Crippen LogP contribution in [0, 0.1) is 5.92 Å². The zero-order valence-electron chi connectivity index (χ0n) is 14.9. The largest absolute Gasteiger partial charge is 0.355 e. The minimum Gasteiger partial charge on any atom is -0.355 e. The van der Waals surface area contributed by atoms with E-state index in [9.17, 15) is 13.2 Å². The van der Waals surface area contributed by atoms with Crippen molar-refractivity contribution >= 4 is 21.8 Å². The number of nitrogens with zero attached hydrogens (tertiary/aromatic N) is 3. The van der Waals surface area contributed by atoms with Crippen LogP contribution in [0.5, 0.6) is 0 Å². The number of piperazine rings is 1. The van der Waals surface area contributed by atoms with Crippen molar-refractivity contribution in [1.29, 1.82) is 0 Å². The summed E-state index contributed by atoms with van der Waals surface area (Å²) in [7, 11) is -3.59. The second kappa shape index (κ2) is 6.66. The van der Waals surface area contributed by atoms with Crippen LogP contribution >= 0.6 is 0 Å². The molecular weight excluding hydrogens is 352 g/mol. The summed E-state index contributed by atoms with van der Waals surface area (Å²) in [5.74, 6) is 0.784. The van der Waals surface area contributed by atoms with Crippen LogP contribution in [-0.2, 0) is 14.8 Å². The molecule has 26 heavy (non-hydrogen) atoms.